The number of nitrogens with one attached hydrogen (secondary N) is 1. The van der Waals surface area contributed by atoms with Crippen molar-refractivity contribution in [3.63, 3.8) is 0 Å². The zero-order chi connectivity index (χ0) is 19.9. The summed E-state index contributed by atoms with van der Waals surface area (Å²) in [5, 5.41) is 7.02. The normalized spacial score (nSPS) is 14.2. The first-order chi connectivity index (χ1) is 14.3. The molecule has 1 aliphatic rings. The molecule has 3 aromatic rings. The van der Waals surface area contributed by atoms with Crippen molar-refractivity contribution in [1.29, 1.82) is 0 Å². The lowest BCUT2D eigenvalue weighted by molar-refractivity contribution is -0.121. The van der Waals surface area contributed by atoms with Crippen LogP contribution in [0.3, 0.4) is 0 Å². The number of aryl methyl sites for hydroxylation is 1. The molecular formula is C23H26N4O2. The quantitative estimate of drug-likeness (QED) is 0.637. The first-order valence-corrected chi connectivity index (χ1v) is 10.2. The Labute approximate surface area is 170 Å². The average Bonchev–Trinajstić information content (AvgIpc) is 3.44. The maximum atomic E-state index is 12.3. The third-order valence-electron chi connectivity index (χ3n) is 5.25. The summed E-state index contributed by atoms with van der Waals surface area (Å²) in [6.07, 6.45) is 3.31. The van der Waals surface area contributed by atoms with Crippen molar-refractivity contribution in [3.05, 3.63) is 71.6 Å². The molecule has 1 aromatic heterocycles. The van der Waals surface area contributed by atoms with E-state index < -0.39 is 0 Å². The summed E-state index contributed by atoms with van der Waals surface area (Å²) >= 11 is 0. The lowest BCUT2D eigenvalue weighted by atomic mass is 10.1. The molecule has 0 radical (unpaired) electrons. The number of hydrogen-bond acceptors (Lipinski definition) is 5. The van der Waals surface area contributed by atoms with Crippen molar-refractivity contribution in [2.45, 2.75) is 38.8 Å². The third kappa shape index (κ3) is 5.29. The zero-order valence-corrected chi connectivity index (χ0v) is 16.5. The van der Waals surface area contributed by atoms with Crippen molar-refractivity contribution in [2.75, 3.05) is 13.1 Å². The van der Waals surface area contributed by atoms with Gasteiger partial charge in [0.25, 0.3) is 0 Å². The van der Waals surface area contributed by atoms with Crippen LogP contribution in [-0.2, 0) is 24.3 Å². The maximum absolute atomic E-state index is 12.3. The van der Waals surface area contributed by atoms with Gasteiger partial charge in [0, 0.05) is 31.5 Å². The molecule has 1 N–H and O–H groups in total. The molecule has 6 heteroatoms. The Morgan fingerprint density at radius 3 is 2.52 bits per heavy atom. The van der Waals surface area contributed by atoms with E-state index in [1.165, 1.54) is 24.0 Å². The van der Waals surface area contributed by atoms with Crippen LogP contribution in [-0.4, -0.2) is 34.0 Å². The van der Waals surface area contributed by atoms with Gasteiger partial charge in [-0.15, -0.1) is 0 Å². The Balaban J connectivity index is 1.27. The molecule has 1 fully saturated rings. The van der Waals surface area contributed by atoms with Gasteiger partial charge in [0.1, 0.15) is 0 Å². The van der Waals surface area contributed by atoms with Gasteiger partial charge >= 0.3 is 0 Å². The topological polar surface area (TPSA) is 71.3 Å². The van der Waals surface area contributed by atoms with Crippen molar-refractivity contribution in [2.24, 2.45) is 0 Å². The molecule has 0 saturated carbocycles. The summed E-state index contributed by atoms with van der Waals surface area (Å²) in [5.41, 5.74) is 3.37. The molecule has 29 heavy (non-hydrogen) atoms. The molecule has 4 rings (SSSR count). The SMILES string of the molecule is O=C(CCc1nc(-c2ccccc2)no1)NCc1ccccc1CN1CCCC1. The average molecular weight is 390 g/mol. The van der Waals surface area contributed by atoms with Gasteiger partial charge in [-0.2, -0.15) is 4.98 Å². The number of benzene rings is 2. The number of amides is 1. The van der Waals surface area contributed by atoms with Gasteiger partial charge in [-0.1, -0.05) is 59.8 Å². The fourth-order valence-corrected chi connectivity index (χ4v) is 3.63. The number of carbonyl (C=O) groups is 1. The fraction of sp³-hybridized carbons (Fsp3) is 0.348. The number of rotatable bonds is 8. The molecule has 0 atom stereocenters. The Bertz CT molecular complexity index is 933. The molecule has 1 aliphatic heterocycles. The highest BCUT2D eigenvalue weighted by atomic mass is 16.5. The lowest BCUT2D eigenvalue weighted by Crippen LogP contribution is -2.25. The van der Waals surface area contributed by atoms with Crippen molar-refractivity contribution in [3.8, 4) is 11.4 Å². The molecule has 0 aliphatic carbocycles. The van der Waals surface area contributed by atoms with Gasteiger partial charge in [-0.3, -0.25) is 9.69 Å². The molecule has 2 aromatic carbocycles. The Morgan fingerprint density at radius 2 is 1.72 bits per heavy atom. The van der Waals surface area contributed by atoms with Gasteiger partial charge in [0.15, 0.2) is 0 Å². The van der Waals surface area contributed by atoms with E-state index in [-0.39, 0.29) is 5.91 Å². The second kappa shape index (κ2) is 9.47. The fourth-order valence-electron chi connectivity index (χ4n) is 3.63. The van der Waals surface area contributed by atoms with E-state index in [1.54, 1.807) is 0 Å². The van der Waals surface area contributed by atoms with Crippen LogP contribution in [0.25, 0.3) is 11.4 Å². The number of aromatic nitrogens is 2. The van der Waals surface area contributed by atoms with Crippen molar-refractivity contribution in [1.82, 2.24) is 20.4 Å². The second-order valence-corrected chi connectivity index (χ2v) is 7.41. The van der Waals surface area contributed by atoms with Crippen LogP contribution in [0.4, 0.5) is 0 Å². The van der Waals surface area contributed by atoms with Crippen molar-refractivity contribution < 1.29 is 9.32 Å². The number of carbonyl (C=O) groups excluding carboxylic acids is 1. The summed E-state index contributed by atoms with van der Waals surface area (Å²) in [4.78, 5) is 19.2. The van der Waals surface area contributed by atoms with Gasteiger partial charge in [0.05, 0.1) is 0 Å². The monoisotopic (exact) mass is 390 g/mol. The van der Waals surface area contributed by atoms with Gasteiger partial charge < -0.3 is 9.84 Å². The minimum Gasteiger partial charge on any atom is -0.352 e. The largest absolute Gasteiger partial charge is 0.352 e. The third-order valence-corrected chi connectivity index (χ3v) is 5.25. The summed E-state index contributed by atoms with van der Waals surface area (Å²) in [5.74, 6) is 1.02. The van der Waals surface area contributed by atoms with Crippen LogP contribution in [0.1, 0.15) is 36.3 Å². The van der Waals surface area contributed by atoms with E-state index >= 15 is 0 Å². The Kier molecular flexibility index (Phi) is 6.32. The predicted octanol–water partition coefficient (Wildman–Crippen LogP) is 3.58. The Hall–Kier alpha value is -2.99. The first-order valence-electron chi connectivity index (χ1n) is 10.2. The van der Waals surface area contributed by atoms with Crippen LogP contribution in [0.15, 0.2) is 59.1 Å². The zero-order valence-electron chi connectivity index (χ0n) is 16.5. The molecule has 6 nitrogen and oxygen atoms in total. The first kappa shape index (κ1) is 19.3. The summed E-state index contributed by atoms with van der Waals surface area (Å²) in [6, 6.07) is 18.0. The van der Waals surface area contributed by atoms with E-state index in [0.717, 1.165) is 25.2 Å². The maximum Gasteiger partial charge on any atom is 0.227 e. The summed E-state index contributed by atoms with van der Waals surface area (Å²) in [6.45, 7) is 3.82. The molecule has 0 spiro atoms. The van der Waals surface area contributed by atoms with E-state index in [1.807, 2.05) is 36.4 Å². The van der Waals surface area contributed by atoms with E-state index in [2.05, 4.69) is 38.6 Å². The molecule has 1 amide bonds. The second-order valence-electron chi connectivity index (χ2n) is 7.41. The van der Waals surface area contributed by atoms with Crippen LogP contribution in [0, 0.1) is 0 Å². The summed E-state index contributed by atoms with van der Waals surface area (Å²) in [7, 11) is 0. The van der Waals surface area contributed by atoms with E-state index in [9.17, 15) is 4.79 Å². The van der Waals surface area contributed by atoms with Crippen LogP contribution in [0.2, 0.25) is 0 Å². The molecule has 0 bridgehead atoms. The van der Waals surface area contributed by atoms with Crippen LogP contribution < -0.4 is 5.32 Å². The van der Waals surface area contributed by atoms with Crippen LogP contribution in [0.5, 0.6) is 0 Å². The summed E-state index contributed by atoms with van der Waals surface area (Å²) < 4.78 is 5.28. The number of likely N-dealkylation sites (tertiary alicyclic amines) is 1. The predicted molar refractivity (Wildman–Crippen MR) is 111 cm³/mol. The highest BCUT2D eigenvalue weighted by molar-refractivity contribution is 5.76. The molecule has 0 unspecified atom stereocenters. The molecular weight excluding hydrogens is 364 g/mol. The smallest absolute Gasteiger partial charge is 0.227 e. The minimum atomic E-state index is -0.0135. The van der Waals surface area contributed by atoms with E-state index in [0.29, 0.717) is 31.1 Å². The molecule has 1 saturated heterocycles. The highest BCUT2D eigenvalue weighted by Gasteiger charge is 2.14. The van der Waals surface area contributed by atoms with Crippen molar-refractivity contribution >= 4 is 5.91 Å². The lowest BCUT2D eigenvalue weighted by Gasteiger charge is -2.17. The van der Waals surface area contributed by atoms with Gasteiger partial charge in [0.2, 0.25) is 17.6 Å². The Morgan fingerprint density at radius 1 is 1.00 bits per heavy atom. The van der Waals surface area contributed by atoms with Crippen LogP contribution >= 0.6 is 0 Å². The molecule has 2 heterocycles. The highest BCUT2D eigenvalue weighted by Crippen LogP contribution is 2.17. The van der Waals surface area contributed by atoms with Gasteiger partial charge in [-0.05, 0) is 37.1 Å². The van der Waals surface area contributed by atoms with E-state index in [4.69, 9.17) is 4.52 Å². The number of nitrogens with zero attached hydrogens (tertiary/aromatic N) is 3. The standard InChI is InChI=1S/C23H26N4O2/c28-21(12-13-22-25-23(26-29-22)18-8-2-1-3-9-18)24-16-19-10-4-5-11-20(19)17-27-14-6-7-15-27/h1-5,8-11H,6-7,12-17H2,(H,24,28). The minimum absolute atomic E-state index is 0.0135. The molecule has 150 valence electrons. The van der Waals surface area contributed by atoms with Gasteiger partial charge in [-0.25, -0.2) is 0 Å². The number of hydrogen-bond donors (Lipinski definition) is 1.